The van der Waals surface area contributed by atoms with Crippen LogP contribution in [0.25, 0.3) is 31.9 Å². The SMILES string of the molecule is CC(C(=O)N1CCC(O)C1)n1cc(-c2cnc(N)c(-c3nc4ccccc4s3)c2)cn1. The van der Waals surface area contributed by atoms with Gasteiger partial charge in [-0.25, -0.2) is 9.97 Å². The van der Waals surface area contributed by atoms with Crippen LogP contribution in [0.3, 0.4) is 0 Å². The maximum absolute atomic E-state index is 12.7. The molecule has 3 N–H and O–H groups in total. The third kappa shape index (κ3) is 3.66. The molecule has 0 saturated carbocycles. The zero-order valence-electron chi connectivity index (χ0n) is 17.0. The minimum Gasteiger partial charge on any atom is -0.391 e. The fourth-order valence-electron chi connectivity index (χ4n) is 3.81. The second kappa shape index (κ2) is 7.75. The second-order valence-corrected chi connectivity index (χ2v) is 8.79. The number of para-hydroxylation sites is 1. The van der Waals surface area contributed by atoms with Crippen molar-refractivity contribution in [3.8, 4) is 21.7 Å². The summed E-state index contributed by atoms with van der Waals surface area (Å²) in [4.78, 5) is 23.5. The fraction of sp³-hybridized carbons (Fsp3) is 0.273. The van der Waals surface area contributed by atoms with Gasteiger partial charge in [0.1, 0.15) is 16.9 Å². The number of hydrogen-bond acceptors (Lipinski definition) is 7. The van der Waals surface area contributed by atoms with Crippen LogP contribution in [0, 0.1) is 0 Å². The van der Waals surface area contributed by atoms with Crippen LogP contribution in [-0.2, 0) is 4.79 Å². The quantitative estimate of drug-likeness (QED) is 0.511. The molecule has 4 heterocycles. The van der Waals surface area contributed by atoms with Crippen molar-refractivity contribution in [2.45, 2.75) is 25.5 Å². The van der Waals surface area contributed by atoms with Crippen LogP contribution in [0.5, 0.6) is 0 Å². The van der Waals surface area contributed by atoms with Gasteiger partial charge in [-0.2, -0.15) is 5.10 Å². The van der Waals surface area contributed by atoms with Crippen molar-refractivity contribution in [2.24, 2.45) is 0 Å². The third-order valence-electron chi connectivity index (χ3n) is 5.61. The minimum absolute atomic E-state index is 0.0446. The van der Waals surface area contributed by atoms with Gasteiger partial charge < -0.3 is 15.7 Å². The summed E-state index contributed by atoms with van der Waals surface area (Å²) in [5, 5.41) is 14.9. The average Bonchev–Trinajstić information content (AvgIpc) is 3.52. The zero-order valence-corrected chi connectivity index (χ0v) is 17.8. The summed E-state index contributed by atoms with van der Waals surface area (Å²) in [5.74, 6) is 0.378. The Labute approximate surface area is 183 Å². The van der Waals surface area contributed by atoms with Crippen molar-refractivity contribution in [1.82, 2.24) is 24.6 Å². The molecule has 1 aliphatic rings. The van der Waals surface area contributed by atoms with Gasteiger partial charge in [0.2, 0.25) is 5.91 Å². The highest BCUT2D eigenvalue weighted by Crippen LogP contribution is 2.35. The molecule has 158 valence electrons. The first-order valence-corrected chi connectivity index (χ1v) is 10.9. The molecule has 2 atom stereocenters. The number of β-amino-alcohol motifs (C(OH)–C–C–N with tert-alkyl or cyclic N) is 1. The van der Waals surface area contributed by atoms with Crippen molar-refractivity contribution in [3.63, 3.8) is 0 Å². The number of hydrogen-bond donors (Lipinski definition) is 2. The number of thiazole rings is 1. The molecule has 1 amide bonds. The van der Waals surface area contributed by atoms with Crippen LogP contribution in [0.4, 0.5) is 5.82 Å². The molecule has 0 aliphatic carbocycles. The average molecular weight is 435 g/mol. The standard InChI is InChI=1S/C22H22N6O2S/c1-13(22(30)27-7-6-16(29)12-27)28-11-15(10-25-28)14-8-17(20(23)24-9-14)21-26-18-4-2-3-5-19(18)31-21/h2-5,8-11,13,16,29H,6-7,12H2,1H3,(H2,23,24). The number of nitrogen functional groups attached to an aromatic ring is 1. The first-order chi connectivity index (χ1) is 15.0. The van der Waals surface area contributed by atoms with E-state index >= 15 is 0 Å². The van der Waals surface area contributed by atoms with Crippen LogP contribution in [0.1, 0.15) is 19.4 Å². The number of likely N-dealkylation sites (tertiary alicyclic amines) is 1. The number of aromatic nitrogens is 4. The highest BCUT2D eigenvalue weighted by atomic mass is 32.1. The lowest BCUT2D eigenvalue weighted by atomic mass is 10.1. The van der Waals surface area contributed by atoms with Gasteiger partial charge in [-0.3, -0.25) is 9.48 Å². The van der Waals surface area contributed by atoms with Gasteiger partial charge in [0.05, 0.1) is 28.1 Å². The van der Waals surface area contributed by atoms with Crippen LogP contribution in [0.2, 0.25) is 0 Å². The Morgan fingerprint density at radius 2 is 2.13 bits per heavy atom. The summed E-state index contributed by atoms with van der Waals surface area (Å²) in [6.45, 7) is 2.77. The Bertz CT molecular complexity index is 1230. The lowest BCUT2D eigenvalue weighted by Crippen LogP contribution is -2.35. The van der Waals surface area contributed by atoms with Crippen LogP contribution < -0.4 is 5.73 Å². The number of aliphatic hydroxyl groups excluding tert-OH is 1. The fourth-order valence-corrected chi connectivity index (χ4v) is 4.80. The Hall–Kier alpha value is -3.30. The van der Waals surface area contributed by atoms with E-state index in [1.807, 2.05) is 43.5 Å². The highest BCUT2D eigenvalue weighted by Gasteiger charge is 2.29. The number of pyridine rings is 1. The molecule has 9 heteroatoms. The molecule has 5 rings (SSSR count). The van der Waals surface area contributed by atoms with Crippen LogP contribution >= 0.6 is 11.3 Å². The van der Waals surface area contributed by atoms with Gasteiger partial charge in [-0.05, 0) is 31.5 Å². The van der Waals surface area contributed by atoms with Gasteiger partial charge in [0.25, 0.3) is 0 Å². The van der Waals surface area contributed by atoms with Crippen molar-refractivity contribution in [1.29, 1.82) is 0 Å². The maximum Gasteiger partial charge on any atom is 0.247 e. The van der Waals surface area contributed by atoms with Gasteiger partial charge in [-0.1, -0.05) is 12.1 Å². The van der Waals surface area contributed by atoms with Crippen molar-refractivity contribution < 1.29 is 9.90 Å². The number of nitrogens with two attached hydrogens (primary N) is 1. The van der Waals surface area contributed by atoms with E-state index in [1.54, 1.807) is 33.3 Å². The first kappa shape index (κ1) is 19.7. The van der Waals surface area contributed by atoms with E-state index in [2.05, 4.69) is 10.1 Å². The predicted octanol–water partition coefficient (Wildman–Crippen LogP) is 2.96. The molecular weight excluding hydrogens is 412 g/mol. The minimum atomic E-state index is -0.454. The number of anilines is 1. The highest BCUT2D eigenvalue weighted by molar-refractivity contribution is 7.21. The number of nitrogens with zero attached hydrogens (tertiary/aromatic N) is 5. The zero-order chi connectivity index (χ0) is 21.5. The van der Waals surface area contributed by atoms with E-state index in [0.29, 0.717) is 25.3 Å². The molecule has 1 aliphatic heterocycles. The van der Waals surface area contributed by atoms with Crippen LogP contribution in [-0.4, -0.2) is 54.9 Å². The summed E-state index contributed by atoms with van der Waals surface area (Å²) in [6.07, 6.45) is 5.44. The van der Waals surface area contributed by atoms with E-state index in [0.717, 1.165) is 31.9 Å². The summed E-state index contributed by atoms with van der Waals surface area (Å²) in [6, 6.07) is 9.47. The molecular formula is C22H22N6O2S. The summed E-state index contributed by atoms with van der Waals surface area (Å²) in [7, 11) is 0. The summed E-state index contributed by atoms with van der Waals surface area (Å²) < 4.78 is 2.74. The molecule has 1 fully saturated rings. The molecule has 0 radical (unpaired) electrons. The van der Waals surface area contributed by atoms with E-state index in [9.17, 15) is 9.90 Å². The molecule has 2 unspecified atom stereocenters. The Morgan fingerprint density at radius 1 is 1.29 bits per heavy atom. The molecule has 3 aromatic heterocycles. The number of amides is 1. The van der Waals surface area contributed by atoms with Gasteiger partial charge in [0.15, 0.2) is 0 Å². The van der Waals surface area contributed by atoms with Gasteiger partial charge in [0, 0.05) is 36.6 Å². The van der Waals surface area contributed by atoms with E-state index in [4.69, 9.17) is 10.7 Å². The third-order valence-corrected chi connectivity index (χ3v) is 6.68. The predicted molar refractivity (Wildman–Crippen MR) is 120 cm³/mol. The lowest BCUT2D eigenvalue weighted by molar-refractivity contribution is -0.133. The van der Waals surface area contributed by atoms with Gasteiger partial charge in [-0.15, -0.1) is 11.3 Å². The molecule has 0 bridgehead atoms. The van der Waals surface area contributed by atoms with Crippen molar-refractivity contribution >= 4 is 33.3 Å². The lowest BCUT2D eigenvalue weighted by Gasteiger charge is -2.20. The Kier molecular flexibility index (Phi) is 4.91. The molecule has 1 aromatic carbocycles. The maximum atomic E-state index is 12.7. The van der Waals surface area contributed by atoms with E-state index < -0.39 is 12.1 Å². The molecule has 8 nitrogen and oxygen atoms in total. The van der Waals surface area contributed by atoms with Gasteiger partial charge >= 0.3 is 0 Å². The smallest absolute Gasteiger partial charge is 0.247 e. The number of rotatable bonds is 4. The van der Waals surface area contributed by atoms with E-state index in [-0.39, 0.29) is 5.91 Å². The number of fused-ring (bicyclic) bond motifs is 1. The normalized spacial score (nSPS) is 17.4. The number of aliphatic hydroxyl groups is 1. The Morgan fingerprint density at radius 3 is 2.90 bits per heavy atom. The van der Waals surface area contributed by atoms with Crippen molar-refractivity contribution in [2.75, 3.05) is 18.8 Å². The summed E-state index contributed by atoms with van der Waals surface area (Å²) >= 11 is 1.57. The largest absolute Gasteiger partial charge is 0.391 e. The molecule has 4 aromatic rings. The molecule has 1 saturated heterocycles. The van der Waals surface area contributed by atoms with E-state index in [1.165, 1.54) is 0 Å². The first-order valence-electron chi connectivity index (χ1n) is 10.1. The van der Waals surface area contributed by atoms with Crippen LogP contribution in [0.15, 0.2) is 48.9 Å². The number of carbonyl (C=O) groups excluding carboxylic acids is 1. The Balaban J connectivity index is 1.43. The second-order valence-electron chi connectivity index (χ2n) is 7.76. The monoisotopic (exact) mass is 434 g/mol. The van der Waals surface area contributed by atoms with Crippen molar-refractivity contribution in [3.05, 3.63) is 48.9 Å². The summed E-state index contributed by atoms with van der Waals surface area (Å²) in [5.41, 5.74) is 9.57. The topological polar surface area (TPSA) is 110 Å². The molecule has 31 heavy (non-hydrogen) atoms. The number of benzene rings is 1. The number of carbonyl (C=O) groups is 1. The molecule has 0 spiro atoms.